The SMILES string of the molecule is [C-]#[N+]c1ccc(N2C(=O)C(C)(C)N(c3ccc(-c4ccc(OCCOCC(=O)N[C@H](C(=O)N5C[C@H](C)C[C@H]5C(=O)NCc5ccc(-c6scnc6C)cc5)C(C)(C)C)cc4)cc3)C2=S)cc1C.[C-]#[N+]c1ccc(N2C(=O)C(C)(C)N(c3ccc(-c4ccc(OCCOCCOCC(=O)N[C@H](C(=O)N5C[C@H](C)C[C@H]5C(=O)N[C@@H](C)c5ccc(-c6scnc6C)cc5)C(C)(C)C)cc4)c(F)c3)C2=S)cc1C. The number of ether oxygens (including phenoxy) is 5. The molecule has 4 N–H and O–H groups in total. The maximum atomic E-state index is 15.8. The van der Waals surface area contributed by atoms with E-state index in [1.54, 1.807) is 125 Å². The molecule has 0 saturated carbocycles. The molecule has 27 nitrogen and oxygen atoms in total. The number of nitrogens with one attached hydrogen (secondary N) is 4. The molecule has 0 unspecified atom stereocenters. The van der Waals surface area contributed by atoms with Crippen molar-refractivity contribution in [2.24, 2.45) is 22.7 Å². The maximum absolute atomic E-state index is 15.8. The van der Waals surface area contributed by atoms with Crippen molar-refractivity contribution in [3.8, 4) is 54.6 Å². The van der Waals surface area contributed by atoms with Gasteiger partial charge in [0.25, 0.3) is 11.8 Å². The van der Waals surface area contributed by atoms with Gasteiger partial charge in [-0.05, 0) is 251 Å². The molecule has 0 spiro atoms. The van der Waals surface area contributed by atoms with Crippen LogP contribution in [0.3, 0.4) is 0 Å². The normalized spacial score (nSPS) is 17.4. The molecule has 2 aromatic heterocycles. The number of hydrogen-bond donors (Lipinski definition) is 4. The molecule has 32 heteroatoms. The number of aryl methyl sites for hydroxylation is 4. The number of amides is 8. The molecule has 4 aliphatic rings. The monoisotopic (exact) mass is 1950 g/mol. The maximum Gasteiger partial charge on any atom is 0.259 e. The molecule has 0 radical (unpaired) electrons. The summed E-state index contributed by atoms with van der Waals surface area (Å²) in [7, 11) is 0. The van der Waals surface area contributed by atoms with Gasteiger partial charge in [-0.2, -0.15) is 0 Å². The molecule has 0 aliphatic carbocycles. The third kappa shape index (κ3) is 24.1. The number of nitrogens with zero attached hydrogens (tertiary/aromatic N) is 10. The number of rotatable bonds is 33. The van der Waals surface area contributed by atoms with Gasteiger partial charge in [0, 0.05) is 47.9 Å². The highest BCUT2D eigenvalue weighted by atomic mass is 32.1. The summed E-state index contributed by atoms with van der Waals surface area (Å²) < 4.78 is 44.5. The van der Waals surface area contributed by atoms with Gasteiger partial charge in [0.1, 0.15) is 79.0 Å². The molecule has 4 fully saturated rings. The summed E-state index contributed by atoms with van der Waals surface area (Å²) in [4.78, 5) is 137. The summed E-state index contributed by atoms with van der Waals surface area (Å²) in [6.07, 6.45) is 1.05. The van der Waals surface area contributed by atoms with Crippen LogP contribution in [0, 0.1) is 69.3 Å². The number of aromatic nitrogens is 2. The van der Waals surface area contributed by atoms with Gasteiger partial charge in [-0.1, -0.05) is 152 Å². The van der Waals surface area contributed by atoms with Crippen molar-refractivity contribution in [3.05, 3.63) is 249 Å². The second-order valence-electron chi connectivity index (χ2n) is 38.7. The number of halogens is 1. The average Bonchev–Trinajstić information content (AvgIpc) is 1.59. The third-order valence-electron chi connectivity index (χ3n) is 25.2. The van der Waals surface area contributed by atoms with Gasteiger partial charge in [0.05, 0.1) is 77.8 Å². The Morgan fingerprint density at radius 2 is 0.899 bits per heavy atom. The van der Waals surface area contributed by atoms with Gasteiger partial charge in [-0.25, -0.2) is 24.0 Å². The zero-order valence-corrected chi connectivity index (χ0v) is 84.7. The summed E-state index contributed by atoms with van der Waals surface area (Å²) in [5.74, 6) is -1.44. The predicted molar refractivity (Wildman–Crippen MR) is 550 cm³/mol. The average molecular weight is 1960 g/mol. The topological polar surface area (TPSA) is 285 Å². The van der Waals surface area contributed by atoms with E-state index in [-0.39, 0.29) is 111 Å². The lowest BCUT2D eigenvalue weighted by atomic mass is 9.85. The lowest BCUT2D eigenvalue weighted by Gasteiger charge is -2.35. The van der Waals surface area contributed by atoms with E-state index in [0.29, 0.717) is 88.7 Å². The van der Waals surface area contributed by atoms with Crippen LogP contribution >= 0.6 is 47.1 Å². The van der Waals surface area contributed by atoms with Crippen LogP contribution in [-0.2, 0) is 59.1 Å². The lowest BCUT2D eigenvalue weighted by molar-refractivity contribution is -0.144. The lowest BCUT2D eigenvalue weighted by Crippen LogP contribution is -2.58. The van der Waals surface area contributed by atoms with E-state index in [2.05, 4.69) is 40.9 Å². The first-order valence-corrected chi connectivity index (χ1v) is 48.8. The summed E-state index contributed by atoms with van der Waals surface area (Å²) in [6.45, 7) is 48.5. The molecule has 4 aliphatic heterocycles. The van der Waals surface area contributed by atoms with E-state index in [1.807, 2.05) is 216 Å². The highest BCUT2D eigenvalue weighted by molar-refractivity contribution is 7.81. The summed E-state index contributed by atoms with van der Waals surface area (Å²) in [6, 6.07) is 50.3. The second kappa shape index (κ2) is 44.4. The Morgan fingerprint density at radius 3 is 1.33 bits per heavy atom. The van der Waals surface area contributed by atoms with Crippen LogP contribution in [0.5, 0.6) is 11.5 Å². The standard InChI is InChI=1S/C55H62FN7O7S2.C52H57N7O6S2/c1-33-27-46(50(65)59-35(3)37-11-13-39(14-12-37)48-36(4)58-32-72-48)61(30-33)51(66)49(54(5,6)7)60-47(64)31-69-24-23-68-25-26-70-42-19-15-38(16-20-42)43-21-17-41(29-44(43)56)63-53(71)62(52(67)55(63,8)9)40-18-22-45(57-10)34(2)28-40;1-32-26-43(47(61)54-28-35-10-12-38(13-11-35)45-34(3)55-31-67-45)57(29-32)48(62)46(51(4,5)6)56-44(60)30-64-24-25-65-41-21-16-37(17-22-41)36-14-18-39(19-15-36)59-50(66)58(49(63)52(59,7)8)40-20-23-42(53-9)33(2)27-40/h11-22,28-29,32-33,35,46,49H,23-27,30-31H2,1-9H3,(H,59,65)(H,60,64);10-23,27,31-32,43,46H,24-26,28-30H2,1-8H3,(H,54,61)(H,56,60)/t33-,35+,46+,49-;32-,43+,46-/m11/s1. The van der Waals surface area contributed by atoms with E-state index in [4.69, 9.17) is 61.3 Å². The molecule has 6 heterocycles. The number of thiazole rings is 2. The van der Waals surface area contributed by atoms with Crippen LogP contribution in [0.15, 0.2) is 187 Å². The fourth-order valence-electron chi connectivity index (χ4n) is 17.5. The minimum absolute atomic E-state index is 0.0979. The highest BCUT2D eigenvalue weighted by Gasteiger charge is 2.53. The van der Waals surface area contributed by atoms with Gasteiger partial charge in [0.15, 0.2) is 21.6 Å². The van der Waals surface area contributed by atoms with Crippen molar-refractivity contribution in [3.63, 3.8) is 0 Å². The highest BCUT2D eigenvalue weighted by Crippen LogP contribution is 2.43. The largest absolute Gasteiger partial charge is 0.491 e. The first-order valence-electron chi connectivity index (χ1n) is 46.3. The summed E-state index contributed by atoms with van der Waals surface area (Å²) in [5.41, 5.74) is 14.2. The number of thiocarbonyl (C=S) groups is 2. The van der Waals surface area contributed by atoms with Crippen LogP contribution < -0.4 is 50.3 Å². The van der Waals surface area contributed by atoms with Crippen LogP contribution in [0.25, 0.3) is 52.8 Å². The Hall–Kier alpha value is -13.1. The molecule has 8 aromatic carbocycles. The van der Waals surface area contributed by atoms with Crippen LogP contribution in [0.2, 0.25) is 0 Å². The summed E-state index contributed by atoms with van der Waals surface area (Å²) in [5, 5.41) is 12.5. The van der Waals surface area contributed by atoms with Crippen molar-refractivity contribution < 1.29 is 66.4 Å². The number of carbonyl (C=O) groups is 8. The van der Waals surface area contributed by atoms with Gasteiger partial charge in [-0.15, -0.1) is 22.7 Å². The fraction of sp³-hybridized carbons (Fsp3) is 0.383. The van der Waals surface area contributed by atoms with Crippen molar-refractivity contribution in [2.45, 2.75) is 178 Å². The first-order chi connectivity index (χ1) is 66.1. The zero-order chi connectivity index (χ0) is 100. The van der Waals surface area contributed by atoms with Crippen LogP contribution in [0.1, 0.15) is 143 Å². The van der Waals surface area contributed by atoms with E-state index < -0.39 is 63.7 Å². The van der Waals surface area contributed by atoms with Gasteiger partial charge in [0.2, 0.25) is 35.4 Å². The Bertz CT molecular complexity index is 6300. The smallest absolute Gasteiger partial charge is 0.259 e. The van der Waals surface area contributed by atoms with Gasteiger partial charge >= 0.3 is 0 Å². The van der Waals surface area contributed by atoms with Gasteiger partial charge in [-0.3, -0.25) is 48.2 Å². The Balaban J connectivity index is 0.000000235. The molecule has 139 heavy (non-hydrogen) atoms. The van der Waals surface area contributed by atoms with E-state index in [9.17, 15) is 38.4 Å². The van der Waals surface area contributed by atoms with E-state index in [1.165, 1.54) is 15.9 Å². The van der Waals surface area contributed by atoms with Gasteiger partial charge < -0.3 is 64.6 Å². The Kier molecular flexibility index (Phi) is 33.0. The Morgan fingerprint density at radius 1 is 0.504 bits per heavy atom. The molecule has 4 saturated heterocycles. The van der Waals surface area contributed by atoms with Crippen LogP contribution in [-0.4, -0.2) is 178 Å². The first kappa shape index (κ1) is 103. The molecule has 10 aromatic rings. The molecular formula is C107H119FN14O13S4. The van der Waals surface area contributed by atoms with Crippen molar-refractivity contribution >= 4 is 139 Å². The number of anilines is 4. The molecule has 14 rings (SSSR count). The van der Waals surface area contributed by atoms with E-state index in [0.717, 1.165) is 71.3 Å². The van der Waals surface area contributed by atoms with Crippen molar-refractivity contribution in [2.75, 3.05) is 85.5 Å². The number of carbonyl (C=O) groups excluding carboxylic acids is 8. The third-order valence-corrected chi connectivity index (χ3v) is 27.9. The van der Waals surface area contributed by atoms with E-state index >= 15 is 4.39 Å². The molecular weight excluding hydrogens is 1840 g/mol. The predicted octanol–water partition coefficient (Wildman–Crippen LogP) is 18.8. The molecule has 0 bridgehead atoms. The second-order valence-corrected chi connectivity index (χ2v) is 41.1. The quantitative estimate of drug-likeness (QED) is 0.0169. The minimum Gasteiger partial charge on any atom is -0.491 e. The Labute approximate surface area is 831 Å². The molecule has 726 valence electrons. The number of hydrogen-bond acceptors (Lipinski definition) is 19. The zero-order valence-electron chi connectivity index (χ0n) is 81.4. The van der Waals surface area contributed by atoms with Crippen molar-refractivity contribution in [1.82, 2.24) is 41.0 Å². The minimum atomic E-state index is -1.10. The van der Waals surface area contributed by atoms with Crippen LogP contribution in [0.4, 0.5) is 38.5 Å². The number of likely N-dealkylation sites (tertiary alicyclic amines) is 2. The molecule has 7 atom stereocenters. The molecule has 8 amide bonds. The fourth-order valence-corrected chi connectivity index (χ4v) is 20.2. The van der Waals surface area contributed by atoms with Crippen molar-refractivity contribution in [1.29, 1.82) is 0 Å². The number of benzene rings is 8. The summed E-state index contributed by atoms with van der Waals surface area (Å²) >= 11 is 14.8.